The highest BCUT2D eigenvalue weighted by molar-refractivity contribution is 7.80. The summed E-state index contributed by atoms with van der Waals surface area (Å²) in [6, 6.07) is -0.295. The Bertz CT molecular complexity index is 151. The van der Waals surface area contributed by atoms with Crippen LogP contribution in [-0.4, -0.2) is 34.8 Å². The van der Waals surface area contributed by atoms with Crippen molar-refractivity contribution in [1.29, 1.82) is 0 Å². The summed E-state index contributed by atoms with van der Waals surface area (Å²) >= 11 is 3.93. The van der Waals surface area contributed by atoms with Crippen LogP contribution in [0.25, 0.3) is 0 Å². The number of rotatable bonds is 5. The second kappa shape index (κ2) is 9.49. The van der Waals surface area contributed by atoms with E-state index in [1.54, 1.807) is 0 Å². The van der Waals surface area contributed by atoms with Gasteiger partial charge < -0.3 is 10.4 Å². The van der Waals surface area contributed by atoms with E-state index in [9.17, 15) is 9.90 Å². The van der Waals surface area contributed by atoms with E-state index < -0.39 is 12.1 Å². The molecular weight excluding hydrogens is 198 g/mol. The molecule has 86 valence electrons. The van der Waals surface area contributed by atoms with Crippen molar-refractivity contribution in [2.24, 2.45) is 0 Å². The fourth-order valence-electron chi connectivity index (χ4n) is 0.964. The molecule has 0 spiro atoms. The van der Waals surface area contributed by atoms with Crippen LogP contribution in [0.5, 0.6) is 0 Å². The molecule has 0 fully saturated rings. The molecule has 0 aliphatic carbocycles. The summed E-state index contributed by atoms with van der Waals surface area (Å²) in [7, 11) is 0. The Kier molecular flexibility index (Phi) is 11.1. The second-order valence-electron chi connectivity index (χ2n) is 3.16. The van der Waals surface area contributed by atoms with Gasteiger partial charge in [-0.1, -0.05) is 27.7 Å². The van der Waals surface area contributed by atoms with Crippen LogP contribution in [0.4, 0.5) is 0 Å². The average molecular weight is 221 g/mol. The molecule has 2 atom stereocenters. The fraction of sp³-hybridized carbons (Fsp3) is 0.900. The Labute approximate surface area is 92.7 Å². The lowest BCUT2D eigenvalue weighted by atomic mass is 10.1. The van der Waals surface area contributed by atoms with Crippen LogP contribution in [-0.2, 0) is 4.79 Å². The molecule has 2 N–H and O–H groups in total. The van der Waals surface area contributed by atoms with Gasteiger partial charge in [0.1, 0.15) is 5.78 Å². The molecule has 0 radical (unpaired) electrons. The standard InChI is InChI=1S/C8H17NO2S.C2H6/c1-5(2)9-8(6(3)10)7(11)4-12;1-2/h5,7-9,11-12H,4H2,1-3H3;1-2H3. The first-order chi connectivity index (χ1) is 6.49. The molecule has 0 saturated carbocycles. The highest BCUT2D eigenvalue weighted by Gasteiger charge is 2.22. The second-order valence-corrected chi connectivity index (χ2v) is 3.52. The van der Waals surface area contributed by atoms with Crippen molar-refractivity contribution in [3.8, 4) is 0 Å². The topological polar surface area (TPSA) is 49.3 Å². The third-order valence-electron chi connectivity index (χ3n) is 1.52. The predicted octanol–water partition coefficient (Wildman–Crippen LogP) is 1.26. The van der Waals surface area contributed by atoms with Crippen LogP contribution in [0.1, 0.15) is 34.6 Å². The summed E-state index contributed by atoms with van der Waals surface area (Å²) < 4.78 is 0. The van der Waals surface area contributed by atoms with Crippen LogP contribution in [0, 0.1) is 0 Å². The molecule has 0 heterocycles. The number of aliphatic hydroxyl groups is 1. The van der Waals surface area contributed by atoms with Crippen molar-refractivity contribution < 1.29 is 9.90 Å². The van der Waals surface area contributed by atoms with E-state index in [0.29, 0.717) is 5.75 Å². The van der Waals surface area contributed by atoms with Gasteiger partial charge in [0.2, 0.25) is 0 Å². The van der Waals surface area contributed by atoms with E-state index in [4.69, 9.17) is 0 Å². The highest BCUT2D eigenvalue weighted by atomic mass is 32.1. The Morgan fingerprint density at radius 3 is 2.07 bits per heavy atom. The van der Waals surface area contributed by atoms with E-state index in [0.717, 1.165) is 0 Å². The lowest BCUT2D eigenvalue weighted by Gasteiger charge is -2.22. The lowest BCUT2D eigenvalue weighted by molar-refractivity contribution is -0.121. The monoisotopic (exact) mass is 221 g/mol. The van der Waals surface area contributed by atoms with Gasteiger partial charge in [-0.2, -0.15) is 12.6 Å². The van der Waals surface area contributed by atoms with E-state index >= 15 is 0 Å². The Morgan fingerprint density at radius 2 is 1.86 bits per heavy atom. The number of carbonyl (C=O) groups is 1. The van der Waals surface area contributed by atoms with Gasteiger partial charge in [0.15, 0.2) is 0 Å². The molecule has 0 aromatic carbocycles. The van der Waals surface area contributed by atoms with Crippen molar-refractivity contribution in [2.75, 3.05) is 5.75 Å². The van der Waals surface area contributed by atoms with Gasteiger partial charge in [-0.05, 0) is 6.92 Å². The smallest absolute Gasteiger partial charge is 0.149 e. The Hall–Kier alpha value is -0.0600. The molecule has 0 rings (SSSR count). The summed E-state index contributed by atoms with van der Waals surface area (Å²) in [5, 5.41) is 12.4. The number of hydrogen-bond acceptors (Lipinski definition) is 4. The minimum atomic E-state index is -0.701. The van der Waals surface area contributed by atoms with Crippen LogP contribution in [0.3, 0.4) is 0 Å². The molecule has 14 heavy (non-hydrogen) atoms. The van der Waals surface area contributed by atoms with Gasteiger partial charge in [-0.3, -0.25) is 4.79 Å². The summed E-state index contributed by atoms with van der Waals surface area (Å²) in [5.41, 5.74) is 0. The molecular formula is C10H23NO2S. The zero-order valence-corrected chi connectivity index (χ0v) is 10.6. The third kappa shape index (κ3) is 7.35. The molecule has 0 aliphatic rings. The maximum Gasteiger partial charge on any atom is 0.149 e. The van der Waals surface area contributed by atoms with Crippen LogP contribution < -0.4 is 5.32 Å². The van der Waals surface area contributed by atoms with E-state index in [1.807, 2.05) is 27.7 Å². The zero-order chi connectivity index (χ0) is 11.7. The normalized spacial score (nSPS) is 14.3. The van der Waals surface area contributed by atoms with Gasteiger partial charge in [0.05, 0.1) is 12.1 Å². The maximum absolute atomic E-state index is 11.0. The maximum atomic E-state index is 11.0. The number of thiol groups is 1. The van der Waals surface area contributed by atoms with Crippen molar-refractivity contribution >= 4 is 18.4 Å². The minimum Gasteiger partial charge on any atom is -0.390 e. The van der Waals surface area contributed by atoms with Gasteiger partial charge >= 0.3 is 0 Å². The van der Waals surface area contributed by atoms with Crippen molar-refractivity contribution in [1.82, 2.24) is 5.32 Å². The summed E-state index contributed by atoms with van der Waals surface area (Å²) in [5.74, 6) is 0.245. The molecule has 0 aromatic rings. The molecule has 0 aliphatic heterocycles. The number of aliphatic hydroxyl groups excluding tert-OH is 1. The Morgan fingerprint density at radius 1 is 1.43 bits per heavy atom. The van der Waals surface area contributed by atoms with Crippen LogP contribution in [0.2, 0.25) is 0 Å². The number of hydrogen-bond donors (Lipinski definition) is 3. The molecule has 3 nitrogen and oxygen atoms in total. The van der Waals surface area contributed by atoms with E-state index in [2.05, 4.69) is 17.9 Å². The summed E-state index contributed by atoms with van der Waals surface area (Å²) in [6.45, 7) is 9.33. The van der Waals surface area contributed by atoms with E-state index in [1.165, 1.54) is 6.92 Å². The van der Waals surface area contributed by atoms with Crippen molar-refractivity contribution in [3.05, 3.63) is 0 Å². The fourth-order valence-corrected chi connectivity index (χ4v) is 1.17. The number of nitrogens with one attached hydrogen (secondary N) is 1. The molecule has 0 amide bonds. The SMILES string of the molecule is CC.CC(=O)C(NC(C)C)C(O)CS. The van der Waals surface area contributed by atoms with Gasteiger partial charge in [-0.25, -0.2) is 0 Å². The molecule has 0 bridgehead atoms. The molecule has 2 unspecified atom stereocenters. The number of ketones is 1. The average Bonchev–Trinajstić information content (AvgIpc) is 2.15. The zero-order valence-electron chi connectivity index (χ0n) is 9.74. The minimum absolute atomic E-state index is 0.0507. The van der Waals surface area contributed by atoms with Gasteiger partial charge in [0.25, 0.3) is 0 Å². The third-order valence-corrected chi connectivity index (χ3v) is 1.90. The lowest BCUT2D eigenvalue weighted by Crippen LogP contribution is -2.48. The first-order valence-corrected chi connectivity index (χ1v) is 5.67. The first kappa shape index (κ1) is 16.4. The molecule has 4 heteroatoms. The summed E-state index contributed by atoms with van der Waals surface area (Å²) in [6.07, 6.45) is -0.701. The van der Waals surface area contributed by atoms with Crippen LogP contribution in [0.15, 0.2) is 0 Å². The Balaban J connectivity index is 0. The van der Waals surface area contributed by atoms with Crippen molar-refractivity contribution in [3.63, 3.8) is 0 Å². The highest BCUT2D eigenvalue weighted by Crippen LogP contribution is 1.99. The van der Waals surface area contributed by atoms with Gasteiger partial charge in [0, 0.05) is 11.8 Å². The van der Waals surface area contributed by atoms with Crippen molar-refractivity contribution in [2.45, 2.75) is 52.8 Å². The first-order valence-electron chi connectivity index (χ1n) is 5.04. The summed E-state index contributed by atoms with van der Waals surface area (Å²) in [4.78, 5) is 11.0. The molecule has 0 saturated heterocycles. The number of carbonyl (C=O) groups excluding carboxylic acids is 1. The number of Topliss-reactive ketones (excluding diaryl/α,β-unsaturated/α-hetero) is 1. The van der Waals surface area contributed by atoms with Gasteiger partial charge in [-0.15, -0.1) is 0 Å². The molecule has 0 aromatic heterocycles. The van der Waals surface area contributed by atoms with E-state index in [-0.39, 0.29) is 11.8 Å². The predicted molar refractivity (Wildman–Crippen MR) is 63.9 cm³/mol. The largest absolute Gasteiger partial charge is 0.390 e. The van der Waals surface area contributed by atoms with Crippen LogP contribution >= 0.6 is 12.6 Å². The quantitative estimate of drug-likeness (QED) is 0.613.